The fraction of sp³-hybridized carbons (Fsp3) is 0. The molecule has 1 aromatic carbocycles. The Morgan fingerprint density at radius 2 is 2.31 bits per heavy atom. The Labute approximate surface area is 81.7 Å². The molecule has 2 rings (SSSR count). The number of carboxylic acids is 1. The first-order valence-corrected chi connectivity index (χ1v) is 4.33. The third-order valence-corrected chi connectivity index (χ3v) is 2.20. The summed E-state index contributed by atoms with van der Waals surface area (Å²) in [5, 5.41) is 16.1. The molecule has 0 bridgehead atoms. The van der Waals surface area contributed by atoms with Gasteiger partial charge in [0.15, 0.2) is 0 Å². The molecule has 0 aliphatic heterocycles. The van der Waals surface area contributed by atoms with Crippen LogP contribution in [0.3, 0.4) is 0 Å². The predicted molar refractivity (Wildman–Crippen MR) is 50.8 cm³/mol. The smallest absolute Gasteiger partial charge is 0.337 e. The Bertz CT molecular complexity index is 478. The summed E-state index contributed by atoms with van der Waals surface area (Å²) in [6.45, 7) is 0. The van der Waals surface area contributed by atoms with E-state index in [0.29, 0.717) is 5.52 Å². The number of carbonyl (C=O) groups is 1. The summed E-state index contributed by atoms with van der Waals surface area (Å²) >= 11 is 3.23. The van der Waals surface area contributed by atoms with Crippen LogP contribution >= 0.6 is 15.9 Å². The van der Waals surface area contributed by atoms with Gasteiger partial charge in [0.2, 0.25) is 0 Å². The fourth-order valence-electron chi connectivity index (χ4n) is 1.19. The van der Waals surface area contributed by atoms with Gasteiger partial charge < -0.3 is 5.11 Å². The standard InChI is InChI=1S/C8H5BrN2O2/c9-5-1-4-3-10-11-7(4)6(2-5)8(12)13/h1-3H,(H,10,11)(H,12,13). The van der Waals surface area contributed by atoms with Crippen molar-refractivity contribution in [2.45, 2.75) is 0 Å². The van der Waals surface area contributed by atoms with E-state index in [-0.39, 0.29) is 5.56 Å². The second-order valence-corrected chi connectivity index (χ2v) is 3.51. The van der Waals surface area contributed by atoms with Crippen molar-refractivity contribution in [2.75, 3.05) is 0 Å². The lowest BCUT2D eigenvalue weighted by Crippen LogP contribution is -1.97. The normalized spacial score (nSPS) is 10.5. The zero-order chi connectivity index (χ0) is 9.42. The van der Waals surface area contributed by atoms with Gasteiger partial charge in [-0.3, -0.25) is 5.10 Å². The van der Waals surface area contributed by atoms with Crippen molar-refractivity contribution in [1.29, 1.82) is 0 Å². The molecular formula is C8H5BrN2O2. The minimum atomic E-state index is -0.962. The lowest BCUT2D eigenvalue weighted by Gasteiger charge is -1.97. The number of rotatable bonds is 1. The molecule has 13 heavy (non-hydrogen) atoms. The van der Waals surface area contributed by atoms with E-state index < -0.39 is 5.97 Å². The number of hydrogen-bond acceptors (Lipinski definition) is 2. The van der Waals surface area contributed by atoms with Crippen molar-refractivity contribution >= 4 is 32.8 Å². The first-order chi connectivity index (χ1) is 6.18. The molecule has 0 spiro atoms. The molecule has 0 unspecified atom stereocenters. The molecule has 4 nitrogen and oxygen atoms in total. The highest BCUT2D eigenvalue weighted by molar-refractivity contribution is 9.10. The van der Waals surface area contributed by atoms with Crippen LogP contribution in [-0.4, -0.2) is 21.3 Å². The van der Waals surface area contributed by atoms with Crippen LogP contribution in [0.2, 0.25) is 0 Å². The number of carboxylic acid groups (broad SMARTS) is 1. The number of halogens is 1. The third kappa shape index (κ3) is 1.31. The van der Waals surface area contributed by atoms with E-state index >= 15 is 0 Å². The van der Waals surface area contributed by atoms with E-state index in [0.717, 1.165) is 9.86 Å². The molecule has 2 N–H and O–H groups in total. The monoisotopic (exact) mass is 240 g/mol. The quantitative estimate of drug-likeness (QED) is 0.802. The number of aromatic amines is 1. The van der Waals surface area contributed by atoms with Crippen molar-refractivity contribution in [3.63, 3.8) is 0 Å². The molecular weight excluding hydrogens is 236 g/mol. The van der Waals surface area contributed by atoms with Crippen molar-refractivity contribution < 1.29 is 9.90 Å². The van der Waals surface area contributed by atoms with Gasteiger partial charge in [0.05, 0.1) is 17.3 Å². The fourth-order valence-corrected chi connectivity index (χ4v) is 1.67. The molecule has 0 amide bonds. The van der Waals surface area contributed by atoms with E-state index in [9.17, 15) is 4.79 Å². The van der Waals surface area contributed by atoms with Gasteiger partial charge in [-0.25, -0.2) is 4.79 Å². The summed E-state index contributed by atoms with van der Waals surface area (Å²) in [5.74, 6) is -0.962. The highest BCUT2D eigenvalue weighted by Gasteiger charge is 2.10. The van der Waals surface area contributed by atoms with E-state index in [4.69, 9.17) is 5.11 Å². The molecule has 1 aromatic heterocycles. The predicted octanol–water partition coefficient (Wildman–Crippen LogP) is 2.02. The van der Waals surface area contributed by atoms with Crippen LogP contribution in [0.4, 0.5) is 0 Å². The molecule has 0 aliphatic rings. The van der Waals surface area contributed by atoms with E-state index in [2.05, 4.69) is 26.1 Å². The van der Waals surface area contributed by atoms with Crippen molar-refractivity contribution in [3.8, 4) is 0 Å². The zero-order valence-electron chi connectivity index (χ0n) is 6.41. The molecule has 2 aromatic rings. The third-order valence-electron chi connectivity index (χ3n) is 1.74. The van der Waals surface area contributed by atoms with Gasteiger partial charge in [-0.1, -0.05) is 15.9 Å². The average molecular weight is 241 g/mol. The average Bonchev–Trinajstić information content (AvgIpc) is 2.49. The van der Waals surface area contributed by atoms with Gasteiger partial charge in [-0.2, -0.15) is 5.10 Å². The highest BCUT2D eigenvalue weighted by atomic mass is 79.9. The number of fused-ring (bicyclic) bond motifs is 1. The van der Waals surface area contributed by atoms with Gasteiger partial charge >= 0.3 is 5.97 Å². The van der Waals surface area contributed by atoms with Crippen LogP contribution in [0.5, 0.6) is 0 Å². The van der Waals surface area contributed by atoms with Crippen LogP contribution in [0, 0.1) is 0 Å². The lowest BCUT2D eigenvalue weighted by molar-refractivity contribution is 0.0698. The summed E-state index contributed by atoms with van der Waals surface area (Å²) < 4.78 is 0.735. The SMILES string of the molecule is O=C(O)c1cc(Br)cc2cn[nH]c12. The number of aromatic nitrogens is 2. The van der Waals surface area contributed by atoms with Crippen molar-refractivity contribution in [3.05, 3.63) is 28.4 Å². The highest BCUT2D eigenvalue weighted by Crippen LogP contribution is 2.22. The Hall–Kier alpha value is -1.36. The first-order valence-electron chi connectivity index (χ1n) is 3.54. The van der Waals surface area contributed by atoms with Gasteiger partial charge in [-0.15, -0.1) is 0 Å². The summed E-state index contributed by atoms with van der Waals surface area (Å²) in [7, 11) is 0. The second-order valence-electron chi connectivity index (χ2n) is 2.59. The maximum atomic E-state index is 10.8. The van der Waals surface area contributed by atoms with E-state index in [1.807, 2.05) is 6.07 Å². The minimum Gasteiger partial charge on any atom is -0.478 e. The van der Waals surface area contributed by atoms with Gasteiger partial charge in [0, 0.05) is 9.86 Å². The molecule has 0 fully saturated rings. The maximum absolute atomic E-state index is 10.8. The van der Waals surface area contributed by atoms with Crippen LogP contribution in [-0.2, 0) is 0 Å². The summed E-state index contributed by atoms with van der Waals surface area (Å²) in [5.41, 5.74) is 0.776. The maximum Gasteiger partial charge on any atom is 0.337 e. The lowest BCUT2D eigenvalue weighted by atomic mass is 10.1. The summed E-state index contributed by atoms with van der Waals surface area (Å²) in [6.07, 6.45) is 1.59. The summed E-state index contributed by atoms with van der Waals surface area (Å²) in [4.78, 5) is 10.8. The Morgan fingerprint density at radius 3 is 3.00 bits per heavy atom. The van der Waals surface area contributed by atoms with Crippen LogP contribution in [0.15, 0.2) is 22.8 Å². The number of nitrogens with zero attached hydrogens (tertiary/aromatic N) is 1. The number of H-pyrrole nitrogens is 1. The molecule has 0 saturated heterocycles. The molecule has 5 heteroatoms. The van der Waals surface area contributed by atoms with Gasteiger partial charge in [0.1, 0.15) is 0 Å². The van der Waals surface area contributed by atoms with E-state index in [1.165, 1.54) is 0 Å². The molecule has 0 radical (unpaired) electrons. The minimum absolute atomic E-state index is 0.224. The Balaban J connectivity index is 2.84. The number of benzene rings is 1. The number of hydrogen-bond donors (Lipinski definition) is 2. The number of aromatic carboxylic acids is 1. The van der Waals surface area contributed by atoms with Gasteiger partial charge in [-0.05, 0) is 12.1 Å². The molecule has 1 heterocycles. The van der Waals surface area contributed by atoms with Crippen LogP contribution in [0.25, 0.3) is 10.9 Å². The molecule has 0 aliphatic carbocycles. The van der Waals surface area contributed by atoms with Crippen LogP contribution in [0.1, 0.15) is 10.4 Å². The zero-order valence-corrected chi connectivity index (χ0v) is 8.00. The van der Waals surface area contributed by atoms with Gasteiger partial charge in [0.25, 0.3) is 0 Å². The Morgan fingerprint density at radius 1 is 1.54 bits per heavy atom. The second kappa shape index (κ2) is 2.85. The van der Waals surface area contributed by atoms with E-state index in [1.54, 1.807) is 12.3 Å². The molecule has 0 saturated carbocycles. The van der Waals surface area contributed by atoms with Crippen LogP contribution < -0.4 is 0 Å². The largest absolute Gasteiger partial charge is 0.478 e. The van der Waals surface area contributed by atoms with Crippen molar-refractivity contribution in [2.24, 2.45) is 0 Å². The number of nitrogens with one attached hydrogen (secondary N) is 1. The molecule has 66 valence electrons. The summed E-state index contributed by atoms with van der Waals surface area (Å²) in [6, 6.07) is 3.36. The first kappa shape index (κ1) is 8.25. The molecule has 0 atom stereocenters. The van der Waals surface area contributed by atoms with Crippen molar-refractivity contribution in [1.82, 2.24) is 10.2 Å². The topological polar surface area (TPSA) is 66.0 Å². The Kier molecular flexibility index (Phi) is 1.81.